The van der Waals surface area contributed by atoms with Gasteiger partial charge in [-0.3, -0.25) is 0 Å². The van der Waals surface area contributed by atoms with Crippen molar-refractivity contribution in [3.63, 3.8) is 0 Å². The van der Waals surface area contributed by atoms with Crippen LogP contribution in [0.15, 0.2) is 40.1 Å². The molecule has 130 valence electrons. The summed E-state index contributed by atoms with van der Waals surface area (Å²) >= 11 is 1.72. The van der Waals surface area contributed by atoms with Crippen molar-refractivity contribution in [1.82, 2.24) is 0 Å². The summed E-state index contributed by atoms with van der Waals surface area (Å²) in [5, 5.41) is 0. The van der Waals surface area contributed by atoms with Crippen LogP contribution in [-0.4, -0.2) is 21.4 Å². The van der Waals surface area contributed by atoms with Gasteiger partial charge in [-0.2, -0.15) is 8.42 Å². The van der Waals surface area contributed by atoms with E-state index in [9.17, 15) is 21.4 Å². The van der Waals surface area contributed by atoms with E-state index in [0.29, 0.717) is 11.1 Å². The predicted molar refractivity (Wildman–Crippen MR) is 95.6 cm³/mol. The van der Waals surface area contributed by atoms with Crippen LogP contribution in [0.3, 0.4) is 0 Å². The Balaban J connectivity index is 2.48. The molecule has 0 unspecified atom stereocenters. The Labute approximate surface area is 154 Å². The molecule has 2 rings (SSSR count). The van der Waals surface area contributed by atoms with Gasteiger partial charge in [0, 0.05) is 0 Å². The van der Waals surface area contributed by atoms with E-state index in [1.165, 1.54) is 0 Å². The topological polar surface area (TPSA) is 101 Å². The third-order valence-corrected chi connectivity index (χ3v) is 6.46. The van der Waals surface area contributed by atoms with Gasteiger partial charge in [-0.25, -0.2) is 8.42 Å². The summed E-state index contributed by atoms with van der Waals surface area (Å²) in [7, 11) is -8.71. The zero-order valence-electron chi connectivity index (χ0n) is 13.0. The van der Waals surface area contributed by atoms with Crippen LogP contribution in [0.2, 0.25) is 0 Å². The first-order valence-electron chi connectivity index (χ1n) is 6.69. The van der Waals surface area contributed by atoms with Crippen molar-refractivity contribution in [3.05, 3.63) is 50.6 Å². The standard InChI is InChI=1S/C15H15IO6S2/c1-9-6-10(2)15(11(3)7-9)24(20,21)22-14-5-4-12(8-13(14)16)23(17,18)19/h4-8H,1-3H3,(H,17,18,19)/p-1. The van der Waals surface area contributed by atoms with E-state index >= 15 is 0 Å². The van der Waals surface area contributed by atoms with Gasteiger partial charge in [-0.1, -0.05) is 17.7 Å². The second-order valence-electron chi connectivity index (χ2n) is 5.31. The molecule has 0 spiro atoms. The van der Waals surface area contributed by atoms with Crippen LogP contribution in [0.25, 0.3) is 0 Å². The minimum atomic E-state index is -4.62. The summed E-state index contributed by atoms with van der Waals surface area (Å²) in [5.74, 6) is -0.0395. The van der Waals surface area contributed by atoms with Gasteiger partial charge in [-0.15, -0.1) is 0 Å². The van der Waals surface area contributed by atoms with Crippen molar-refractivity contribution in [3.8, 4) is 5.75 Å². The fourth-order valence-electron chi connectivity index (χ4n) is 2.43. The van der Waals surface area contributed by atoms with Gasteiger partial charge in [0.05, 0.1) is 8.47 Å². The molecule has 0 atom stereocenters. The Kier molecular flexibility index (Phi) is 5.28. The normalized spacial score (nSPS) is 12.2. The SMILES string of the molecule is Cc1cc(C)c(S(=O)(=O)Oc2ccc(S(=O)(=O)[O-])cc2I)c(C)c1. The molecule has 2 aromatic carbocycles. The van der Waals surface area contributed by atoms with E-state index in [4.69, 9.17) is 4.18 Å². The number of rotatable bonds is 4. The zero-order valence-corrected chi connectivity index (χ0v) is 16.8. The molecular weight excluding hydrogens is 467 g/mol. The second-order valence-corrected chi connectivity index (χ2v) is 9.34. The van der Waals surface area contributed by atoms with E-state index in [-0.39, 0.29) is 14.2 Å². The van der Waals surface area contributed by atoms with Gasteiger partial charge in [0.1, 0.15) is 15.0 Å². The molecule has 0 fully saturated rings. The van der Waals surface area contributed by atoms with Crippen LogP contribution in [0.1, 0.15) is 16.7 Å². The van der Waals surface area contributed by atoms with Crippen molar-refractivity contribution >= 4 is 42.8 Å². The van der Waals surface area contributed by atoms with E-state index < -0.39 is 25.1 Å². The molecule has 0 aliphatic carbocycles. The molecule has 0 aromatic heterocycles. The largest absolute Gasteiger partial charge is 0.744 e. The van der Waals surface area contributed by atoms with Crippen LogP contribution >= 0.6 is 22.6 Å². The molecule has 0 saturated heterocycles. The Morgan fingerprint density at radius 2 is 1.50 bits per heavy atom. The maximum Gasteiger partial charge on any atom is 0.339 e. The lowest BCUT2D eigenvalue weighted by molar-refractivity contribution is 0.462. The highest BCUT2D eigenvalue weighted by Crippen LogP contribution is 2.29. The molecule has 2 aromatic rings. The summed E-state index contributed by atoms with van der Waals surface area (Å²) in [4.78, 5) is -0.372. The van der Waals surface area contributed by atoms with Gasteiger partial charge >= 0.3 is 10.1 Å². The zero-order chi connectivity index (χ0) is 18.3. The molecule has 0 amide bonds. The lowest BCUT2D eigenvalue weighted by atomic mass is 10.1. The van der Waals surface area contributed by atoms with Crippen molar-refractivity contribution in [1.29, 1.82) is 0 Å². The summed E-state index contributed by atoms with van der Waals surface area (Å²) in [6.45, 7) is 5.21. The fourth-order valence-corrected chi connectivity index (χ4v) is 5.28. The van der Waals surface area contributed by atoms with E-state index in [2.05, 4.69) is 0 Å². The molecule has 24 heavy (non-hydrogen) atoms. The predicted octanol–water partition coefficient (Wildman–Crippen LogP) is 2.89. The first kappa shape index (κ1) is 19.2. The second kappa shape index (κ2) is 6.62. The fraction of sp³-hybridized carbons (Fsp3) is 0.200. The van der Waals surface area contributed by atoms with Crippen LogP contribution in [0, 0.1) is 24.3 Å². The highest BCUT2D eigenvalue weighted by Gasteiger charge is 2.23. The van der Waals surface area contributed by atoms with Crippen molar-refractivity contribution in [2.75, 3.05) is 0 Å². The third-order valence-electron chi connectivity index (χ3n) is 3.25. The molecule has 6 nitrogen and oxygen atoms in total. The number of halogens is 1. The number of aryl methyl sites for hydroxylation is 3. The number of benzene rings is 2. The molecule has 0 radical (unpaired) electrons. The van der Waals surface area contributed by atoms with Gasteiger partial charge in [0.25, 0.3) is 0 Å². The summed E-state index contributed by atoms with van der Waals surface area (Å²) in [6, 6.07) is 6.72. The first-order valence-corrected chi connectivity index (χ1v) is 10.6. The van der Waals surface area contributed by atoms with Crippen molar-refractivity contribution < 1.29 is 25.6 Å². The van der Waals surface area contributed by atoms with Crippen molar-refractivity contribution in [2.24, 2.45) is 0 Å². The summed E-state index contributed by atoms with van der Waals surface area (Å²) in [6.07, 6.45) is 0. The highest BCUT2D eigenvalue weighted by atomic mass is 127. The van der Waals surface area contributed by atoms with Gasteiger partial charge in [0.2, 0.25) is 0 Å². The average molecular weight is 481 g/mol. The third kappa shape index (κ3) is 4.08. The van der Waals surface area contributed by atoms with E-state index in [1.807, 2.05) is 6.92 Å². The number of hydrogen-bond donors (Lipinski definition) is 0. The Morgan fingerprint density at radius 1 is 0.958 bits per heavy atom. The molecule has 0 N–H and O–H groups in total. The monoisotopic (exact) mass is 481 g/mol. The highest BCUT2D eigenvalue weighted by molar-refractivity contribution is 14.1. The maximum absolute atomic E-state index is 12.6. The minimum absolute atomic E-state index is 0.0395. The molecule has 0 aliphatic rings. The summed E-state index contributed by atoms with van der Waals surface area (Å²) < 4.78 is 63.5. The molecule has 0 heterocycles. The Bertz CT molecular complexity index is 987. The van der Waals surface area contributed by atoms with Crippen LogP contribution in [0.5, 0.6) is 5.75 Å². The van der Waals surface area contributed by atoms with Crippen LogP contribution in [-0.2, 0) is 20.2 Å². The van der Waals surface area contributed by atoms with Gasteiger partial charge in [-0.05, 0) is 72.7 Å². The summed E-state index contributed by atoms with van der Waals surface area (Å²) in [5.41, 5.74) is 2.05. The maximum atomic E-state index is 12.6. The van der Waals surface area contributed by atoms with E-state index in [0.717, 1.165) is 23.8 Å². The lowest BCUT2D eigenvalue weighted by Gasteiger charge is -2.14. The van der Waals surface area contributed by atoms with Crippen LogP contribution < -0.4 is 4.18 Å². The minimum Gasteiger partial charge on any atom is -0.744 e. The molecular formula is C15H14IO6S2-. The molecule has 0 saturated carbocycles. The van der Waals surface area contributed by atoms with Gasteiger partial charge in [0.15, 0.2) is 5.75 Å². The number of hydrogen-bond acceptors (Lipinski definition) is 6. The molecule has 9 heteroatoms. The first-order chi connectivity index (χ1) is 10.9. The quantitative estimate of drug-likeness (QED) is 0.378. The Hall–Kier alpha value is -1.17. The molecule has 0 aliphatic heterocycles. The molecule has 0 bridgehead atoms. The Morgan fingerprint density at radius 3 is 1.96 bits per heavy atom. The van der Waals surface area contributed by atoms with E-state index in [1.54, 1.807) is 48.6 Å². The average Bonchev–Trinajstić information content (AvgIpc) is 2.37. The lowest BCUT2D eigenvalue weighted by Crippen LogP contribution is -2.14. The van der Waals surface area contributed by atoms with Gasteiger partial charge < -0.3 is 8.74 Å². The van der Waals surface area contributed by atoms with Crippen LogP contribution in [0.4, 0.5) is 0 Å². The van der Waals surface area contributed by atoms with Crippen molar-refractivity contribution in [2.45, 2.75) is 30.6 Å². The smallest absolute Gasteiger partial charge is 0.339 e.